The zero-order valence-corrected chi connectivity index (χ0v) is 22.1. The number of aliphatic hydroxyl groups is 1. The van der Waals surface area contributed by atoms with Crippen molar-refractivity contribution in [3.8, 4) is 22.6 Å². The average Bonchev–Trinajstić information content (AvgIpc) is 3.38. The van der Waals surface area contributed by atoms with Crippen LogP contribution in [0.2, 0.25) is 0 Å². The maximum atomic E-state index is 11.6. The second-order valence-electron chi connectivity index (χ2n) is 9.43. The summed E-state index contributed by atoms with van der Waals surface area (Å²) in [6.45, 7) is 1.84. The van der Waals surface area contributed by atoms with Crippen LogP contribution in [0, 0.1) is 0 Å². The lowest BCUT2D eigenvalue weighted by molar-refractivity contribution is -0.0680. The minimum atomic E-state index is -3.80. The molecule has 8 nitrogen and oxygen atoms in total. The highest BCUT2D eigenvalue weighted by Gasteiger charge is 2.31. The zero-order chi connectivity index (χ0) is 27.3. The monoisotopic (exact) mass is 546 g/mol. The molecule has 0 saturated carbocycles. The van der Waals surface area contributed by atoms with Gasteiger partial charge in [-0.25, -0.2) is 18.5 Å². The van der Waals surface area contributed by atoms with Crippen LogP contribution in [0.5, 0.6) is 0 Å². The number of hydrogen-bond donors (Lipinski definition) is 2. The summed E-state index contributed by atoms with van der Waals surface area (Å²) in [6, 6.07) is 23.6. The van der Waals surface area contributed by atoms with Crippen LogP contribution in [0.3, 0.4) is 0 Å². The van der Waals surface area contributed by atoms with Crippen molar-refractivity contribution in [2.75, 3.05) is 19.8 Å². The number of rotatable bonds is 9. The quantitative estimate of drug-likeness (QED) is 0.287. The summed E-state index contributed by atoms with van der Waals surface area (Å²) in [5.74, 6) is 0.914. The highest BCUT2D eigenvalue weighted by molar-refractivity contribution is 7.89. The minimum absolute atomic E-state index is 0.0248. The first-order valence-corrected chi connectivity index (χ1v) is 14.2. The van der Waals surface area contributed by atoms with Crippen molar-refractivity contribution in [1.82, 2.24) is 4.98 Å². The van der Waals surface area contributed by atoms with E-state index in [4.69, 9.17) is 19.0 Å². The summed E-state index contributed by atoms with van der Waals surface area (Å²) in [7, 11) is -3.80. The van der Waals surface area contributed by atoms with Gasteiger partial charge in [0, 0.05) is 37.2 Å². The third-order valence-corrected chi connectivity index (χ3v) is 7.59. The summed E-state index contributed by atoms with van der Waals surface area (Å²) in [4.78, 5) is 4.69. The Morgan fingerprint density at radius 1 is 0.974 bits per heavy atom. The van der Waals surface area contributed by atoms with Gasteiger partial charge >= 0.3 is 0 Å². The SMILES string of the molecule is NS(=O)(=O)c1ccc(-c2oc(C=CCOCc3cccc(C4(O)CCOCC4)c3)nc2-c2ccccc2)cc1. The zero-order valence-electron chi connectivity index (χ0n) is 21.3. The summed E-state index contributed by atoms with van der Waals surface area (Å²) in [5, 5.41) is 16.2. The van der Waals surface area contributed by atoms with Crippen molar-refractivity contribution >= 4 is 16.1 Å². The molecule has 202 valence electrons. The molecule has 3 N–H and O–H groups in total. The first kappa shape index (κ1) is 27.0. The van der Waals surface area contributed by atoms with Crippen LogP contribution >= 0.6 is 0 Å². The van der Waals surface area contributed by atoms with E-state index in [0.717, 1.165) is 16.7 Å². The minimum Gasteiger partial charge on any atom is -0.436 e. The predicted molar refractivity (Wildman–Crippen MR) is 148 cm³/mol. The smallest absolute Gasteiger partial charge is 0.238 e. The van der Waals surface area contributed by atoms with Gasteiger partial charge in [-0.1, -0.05) is 60.7 Å². The molecule has 0 atom stereocenters. The molecule has 4 aromatic rings. The Kier molecular flexibility index (Phi) is 8.06. The van der Waals surface area contributed by atoms with E-state index < -0.39 is 15.6 Å². The molecule has 0 radical (unpaired) electrons. The van der Waals surface area contributed by atoms with Crippen LogP contribution in [0.4, 0.5) is 0 Å². The molecule has 0 unspecified atom stereocenters. The molecule has 39 heavy (non-hydrogen) atoms. The summed E-state index contributed by atoms with van der Waals surface area (Å²) in [6.07, 6.45) is 4.74. The highest BCUT2D eigenvalue weighted by atomic mass is 32.2. The Bertz CT molecular complexity index is 1540. The fraction of sp³-hybridized carbons (Fsp3) is 0.233. The van der Waals surface area contributed by atoms with Gasteiger partial charge in [0.15, 0.2) is 5.76 Å². The number of primary sulfonamides is 1. The van der Waals surface area contributed by atoms with Gasteiger partial charge < -0.3 is 19.0 Å². The maximum Gasteiger partial charge on any atom is 0.238 e. The van der Waals surface area contributed by atoms with Crippen LogP contribution in [0.25, 0.3) is 28.7 Å². The number of sulfonamides is 1. The third-order valence-electron chi connectivity index (χ3n) is 6.66. The Balaban J connectivity index is 1.28. The van der Waals surface area contributed by atoms with Crippen molar-refractivity contribution < 1.29 is 27.4 Å². The van der Waals surface area contributed by atoms with E-state index in [1.165, 1.54) is 12.1 Å². The standard InChI is InChI=1S/C30H30N2O6S/c31-39(34,35)26-13-11-24(12-14-26)29-28(23-7-2-1-3-8-23)32-27(38-29)10-5-17-37-21-22-6-4-9-25(20-22)30(33)15-18-36-19-16-30/h1-14,20,33H,15-19,21H2,(H2,31,34,35). The Hall–Kier alpha value is -3.60. The Morgan fingerprint density at radius 3 is 2.44 bits per heavy atom. The van der Waals surface area contributed by atoms with E-state index in [1.807, 2.05) is 60.7 Å². The first-order valence-electron chi connectivity index (χ1n) is 12.7. The number of ether oxygens (including phenoxy) is 2. The molecule has 5 rings (SSSR count). The summed E-state index contributed by atoms with van der Waals surface area (Å²) < 4.78 is 40.6. The molecule has 9 heteroatoms. The third kappa shape index (κ3) is 6.52. The van der Waals surface area contributed by atoms with Gasteiger partial charge in [0.05, 0.1) is 23.7 Å². The molecule has 1 aliphatic rings. The van der Waals surface area contributed by atoms with E-state index in [2.05, 4.69) is 4.98 Å². The van der Waals surface area contributed by atoms with Crippen molar-refractivity contribution in [2.45, 2.75) is 29.9 Å². The van der Waals surface area contributed by atoms with E-state index in [0.29, 0.717) is 62.2 Å². The number of benzene rings is 3. The van der Waals surface area contributed by atoms with Gasteiger partial charge in [0.25, 0.3) is 0 Å². The van der Waals surface area contributed by atoms with Gasteiger partial charge in [0.1, 0.15) is 5.69 Å². The van der Waals surface area contributed by atoms with Crippen molar-refractivity contribution in [3.05, 3.63) is 102 Å². The van der Waals surface area contributed by atoms with Gasteiger partial charge in [-0.2, -0.15) is 0 Å². The molecule has 1 saturated heterocycles. The number of aromatic nitrogens is 1. The number of oxazole rings is 1. The summed E-state index contributed by atoms with van der Waals surface area (Å²) >= 11 is 0. The second kappa shape index (κ2) is 11.6. The molecule has 0 spiro atoms. The lowest BCUT2D eigenvalue weighted by Gasteiger charge is -2.32. The predicted octanol–water partition coefficient (Wildman–Crippen LogP) is 4.88. The molecule has 1 aliphatic heterocycles. The van der Waals surface area contributed by atoms with Gasteiger partial charge in [-0.15, -0.1) is 0 Å². The molecule has 1 aromatic heterocycles. The van der Waals surface area contributed by atoms with Crippen LogP contribution < -0.4 is 5.14 Å². The van der Waals surface area contributed by atoms with Gasteiger partial charge in [0.2, 0.25) is 15.9 Å². The topological polar surface area (TPSA) is 125 Å². The molecule has 2 heterocycles. The summed E-state index contributed by atoms with van der Waals surface area (Å²) in [5.41, 5.74) is 3.20. The fourth-order valence-corrected chi connectivity index (χ4v) is 5.05. The number of nitrogens with zero attached hydrogens (tertiary/aromatic N) is 1. The highest BCUT2D eigenvalue weighted by Crippen LogP contribution is 2.34. The molecule has 0 amide bonds. The Labute approximate surface area is 227 Å². The van der Waals surface area contributed by atoms with Crippen LogP contribution in [-0.4, -0.2) is 38.3 Å². The van der Waals surface area contributed by atoms with E-state index in [1.54, 1.807) is 18.2 Å². The molecule has 1 fully saturated rings. The van der Waals surface area contributed by atoms with Crippen LogP contribution in [0.15, 0.2) is 94.3 Å². The normalized spacial score (nSPS) is 15.5. The van der Waals surface area contributed by atoms with E-state index in [9.17, 15) is 13.5 Å². The van der Waals surface area contributed by atoms with E-state index in [-0.39, 0.29) is 4.90 Å². The molecule has 3 aromatic carbocycles. The maximum absolute atomic E-state index is 11.6. The molecule has 0 bridgehead atoms. The first-order chi connectivity index (χ1) is 18.8. The average molecular weight is 547 g/mol. The molecular weight excluding hydrogens is 516 g/mol. The van der Waals surface area contributed by atoms with Crippen molar-refractivity contribution in [3.63, 3.8) is 0 Å². The van der Waals surface area contributed by atoms with Crippen LogP contribution in [-0.2, 0) is 31.7 Å². The number of nitrogens with two attached hydrogens (primary N) is 1. The fourth-order valence-electron chi connectivity index (χ4n) is 4.53. The lowest BCUT2D eigenvalue weighted by atomic mass is 9.86. The van der Waals surface area contributed by atoms with Gasteiger partial charge in [-0.05, 0) is 41.5 Å². The molecule has 0 aliphatic carbocycles. The van der Waals surface area contributed by atoms with Crippen molar-refractivity contribution in [2.24, 2.45) is 5.14 Å². The molecular formula is C30H30N2O6S. The van der Waals surface area contributed by atoms with Gasteiger partial charge in [-0.3, -0.25) is 0 Å². The number of hydrogen-bond acceptors (Lipinski definition) is 7. The second-order valence-corrected chi connectivity index (χ2v) is 11.0. The van der Waals surface area contributed by atoms with E-state index >= 15 is 0 Å². The van der Waals surface area contributed by atoms with Crippen molar-refractivity contribution in [1.29, 1.82) is 0 Å². The largest absolute Gasteiger partial charge is 0.436 e. The van der Waals surface area contributed by atoms with Crippen LogP contribution in [0.1, 0.15) is 29.9 Å². The lowest BCUT2D eigenvalue weighted by Crippen LogP contribution is -2.33. The Morgan fingerprint density at radius 2 is 1.72 bits per heavy atom.